The number of halogens is 2. The van der Waals surface area contributed by atoms with Crippen LogP contribution in [0, 0.1) is 3.57 Å². The fourth-order valence-electron chi connectivity index (χ4n) is 1.13. The van der Waals surface area contributed by atoms with E-state index in [2.05, 4.69) is 32.8 Å². The number of nitrogens with zero attached hydrogens (tertiary/aromatic N) is 2. The molecule has 16 heavy (non-hydrogen) atoms. The highest BCUT2D eigenvalue weighted by Crippen LogP contribution is 2.20. The van der Waals surface area contributed by atoms with Crippen molar-refractivity contribution in [1.82, 2.24) is 0 Å². The number of benzene rings is 2. The summed E-state index contributed by atoms with van der Waals surface area (Å²) in [5.74, 6) is 0. The second-order valence-corrected chi connectivity index (χ2v) is 4.83. The van der Waals surface area contributed by atoms with Gasteiger partial charge in [-0.2, -0.15) is 10.2 Å². The first kappa shape index (κ1) is 11.5. The summed E-state index contributed by atoms with van der Waals surface area (Å²) in [5, 5.41) is 8.94. The molecule has 0 aliphatic carbocycles. The van der Waals surface area contributed by atoms with Crippen LogP contribution in [0.4, 0.5) is 11.4 Å². The standard InChI is InChI=1S/C12H8ClIN2/c13-9-1-5-11(6-2-9)15-16-12-7-3-10(14)4-8-12/h1-8H. The van der Waals surface area contributed by atoms with Gasteiger partial charge in [0, 0.05) is 8.59 Å². The van der Waals surface area contributed by atoms with Crippen molar-refractivity contribution in [2.24, 2.45) is 10.2 Å². The minimum absolute atomic E-state index is 0.702. The first-order valence-corrected chi connectivity index (χ1v) is 6.12. The molecule has 0 spiro atoms. The van der Waals surface area contributed by atoms with Crippen LogP contribution in [-0.2, 0) is 0 Å². The molecule has 0 aliphatic heterocycles. The van der Waals surface area contributed by atoms with Crippen LogP contribution in [0.3, 0.4) is 0 Å². The van der Waals surface area contributed by atoms with Crippen molar-refractivity contribution in [3.63, 3.8) is 0 Å². The minimum atomic E-state index is 0.702. The molecule has 0 N–H and O–H groups in total. The first-order chi connectivity index (χ1) is 7.74. The lowest BCUT2D eigenvalue weighted by atomic mass is 10.3. The van der Waals surface area contributed by atoms with Gasteiger partial charge in [-0.25, -0.2) is 0 Å². The Hall–Kier alpha value is -0.940. The monoisotopic (exact) mass is 342 g/mol. The summed E-state index contributed by atoms with van der Waals surface area (Å²) in [6, 6.07) is 15.1. The van der Waals surface area contributed by atoms with Crippen LogP contribution in [-0.4, -0.2) is 0 Å². The number of azo groups is 1. The Morgan fingerprint density at radius 3 is 1.69 bits per heavy atom. The van der Waals surface area contributed by atoms with E-state index in [0.717, 1.165) is 11.4 Å². The summed E-state index contributed by atoms with van der Waals surface area (Å²) in [5.41, 5.74) is 1.64. The maximum atomic E-state index is 5.77. The van der Waals surface area contributed by atoms with Crippen molar-refractivity contribution in [3.05, 3.63) is 57.1 Å². The number of rotatable bonds is 2. The average Bonchev–Trinajstić information content (AvgIpc) is 2.30. The topological polar surface area (TPSA) is 24.7 Å². The summed E-state index contributed by atoms with van der Waals surface area (Å²) >= 11 is 8.03. The Kier molecular flexibility index (Phi) is 3.90. The van der Waals surface area contributed by atoms with Gasteiger partial charge in [0.2, 0.25) is 0 Å². The van der Waals surface area contributed by atoms with Gasteiger partial charge >= 0.3 is 0 Å². The molecular weight excluding hydrogens is 335 g/mol. The van der Waals surface area contributed by atoms with Gasteiger partial charge in [0.25, 0.3) is 0 Å². The second-order valence-electron chi connectivity index (χ2n) is 3.15. The highest BCUT2D eigenvalue weighted by atomic mass is 127. The molecule has 2 aromatic rings. The van der Waals surface area contributed by atoms with E-state index >= 15 is 0 Å². The molecule has 0 heterocycles. The number of hydrogen-bond donors (Lipinski definition) is 0. The normalized spacial score (nSPS) is 10.9. The zero-order chi connectivity index (χ0) is 11.4. The van der Waals surface area contributed by atoms with Crippen molar-refractivity contribution in [2.45, 2.75) is 0 Å². The van der Waals surface area contributed by atoms with Crippen LogP contribution in [0.5, 0.6) is 0 Å². The van der Waals surface area contributed by atoms with E-state index in [9.17, 15) is 0 Å². The molecule has 0 aliphatic rings. The Labute approximate surface area is 113 Å². The third-order valence-electron chi connectivity index (χ3n) is 1.93. The largest absolute Gasteiger partial charge is 0.151 e. The predicted octanol–water partition coefficient (Wildman–Crippen LogP) is 5.36. The summed E-state index contributed by atoms with van der Waals surface area (Å²) in [6.07, 6.45) is 0. The van der Waals surface area contributed by atoms with Gasteiger partial charge in [-0.1, -0.05) is 11.6 Å². The Morgan fingerprint density at radius 2 is 1.19 bits per heavy atom. The lowest BCUT2D eigenvalue weighted by Crippen LogP contribution is -1.67. The zero-order valence-electron chi connectivity index (χ0n) is 8.27. The number of hydrogen-bond acceptors (Lipinski definition) is 2. The van der Waals surface area contributed by atoms with E-state index < -0.39 is 0 Å². The highest BCUT2D eigenvalue weighted by molar-refractivity contribution is 14.1. The predicted molar refractivity (Wildman–Crippen MR) is 74.8 cm³/mol. The molecule has 0 saturated carbocycles. The van der Waals surface area contributed by atoms with Crippen molar-refractivity contribution in [3.8, 4) is 0 Å². The van der Waals surface area contributed by atoms with Crippen molar-refractivity contribution in [1.29, 1.82) is 0 Å². The smallest absolute Gasteiger partial charge is 0.0858 e. The molecule has 4 heteroatoms. The summed E-state index contributed by atoms with van der Waals surface area (Å²) < 4.78 is 1.18. The molecule has 80 valence electrons. The van der Waals surface area contributed by atoms with Gasteiger partial charge < -0.3 is 0 Å². The summed E-state index contributed by atoms with van der Waals surface area (Å²) in [4.78, 5) is 0. The molecule has 0 amide bonds. The van der Waals surface area contributed by atoms with E-state index in [1.54, 1.807) is 12.1 Å². The Bertz CT molecular complexity index is 444. The molecular formula is C12H8ClIN2. The molecule has 0 saturated heterocycles. The van der Waals surface area contributed by atoms with Crippen molar-refractivity contribution >= 4 is 45.6 Å². The van der Waals surface area contributed by atoms with Gasteiger partial charge in [-0.3, -0.25) is 0 Å². The Balaban J connectivity index is 2.15. The van der Waals surface area contributed by atoms with Crippen LogP contribution >= 0.6 is 34.2 Å². The second kappa shape index (κ2) is 5.41. The Morgan fingerprint density at radius 1 is 0.750 bits per heavy atom. The lowest BCUT2D eigenvalue weighted by molar-refractivity contribution is 1.23. The fourth-order valence-corrected chi connectivity index (χ4v) is 1.62. The van der Waals surface area contributed by atoms with Crippen LogP contribution in [0.2, 0.25) is 5.02 Å². The average molecular weight is 343 g/mol. The molecule has 2 nitrogen and oxygen atoms in total. The molecule has 0 aromatic heterocycles. The van der Waals surface area contributed by atoms with Crippen molar-refractivity contribution < 1.29 is 0 Å². The quantitative estimate of drug-likeness (QED) is 0.518. The summed E-state index contributed by atoms with van der Waals surface area (Å²) in [7, 11) is 0. The van der Waals surface area contributed by atoms with Crippen LogP contribution in [0.1, 0.15) is 0 Å². The van der Waals surface area contributed by atoms with Crippen LogP contribution in [0.25, 0.3) is 0 Å². The van der Waals surface area contributed by atoms with E-state index in [0.29, 0.717) is 5.02 Å². The maximum Gasteiger partial charge on any atom is 0.0858 e. The SMILES string of the molecule is Clc1ccc(N=Nc2ccc(I)cc2)cc1. The van der Waals surface area contributed by atoms with Crippen LogP contribution in [0.15, 0.2) is 58.8 Å². The molecule has 2 aromatic carbocycles. The zero-order valence-corrected chi connectivity index (χ0v) is 11.2. The molecule has 0 unspecified atom stereocenters. The molecule has 0 fully saturated rings. The van der Waals surface area contributed by atoms with E-state index in [1.807, 2.05) is 36.4 Å². The molecule has 0 bridgehead atoms. The molecule has 0 radical (unpaired) electrons. The van der Waals surface area contributed by atoms with E-state index in [4.69, 9.17) is 11.6 Å². The first-order valence-electron chi connectivity index (χ1n) is 4.67. The van der Waals surface area contributed by atoms with Gasteiger partial charge in [-0.15, -0.1) is 0 Å². The van der Waals surface area contributed by atoms with Gasteiger partial charge in [-0.05, 0) is 71.1 Å². The van der Waals surface area contributed by atoms with Gasteiger partial charge in [0.05, 0.1) is 11.4 Å². The third-order valence-corrected chi connectivity index (χ3v) is 2.91. The fraction of sp³-hybridized carbons (Fsp3) is 0. The van der Waals surface area contributed by atoms with Gasteiger partial charge in [0.1, 0.15) is 0 Å². The molecule has 0 atom stereocenters. The molecule has 2 rings (SSSR count). The van der Waals surface area contributed by atoms with Crippen LogP contribution < -0.4 is 0 Å². The third kappa shape index (κ3) is 3.28. The lowest BCUT2D eigenvalue weighted by Gasteiger charge is -1.94. The van der Waals surface area contributed by atoms with Gasteiger partial charge in [0.15, 0.2) is 0 Å². The van der Waals surface area contributed by atoms with E-state index in [1.165, 1.54) is 3.57 Å². The highest BCUT2D eigenvalue weighted by Gasteiger charge is 1.91. The van der Waals surface area contributed by atoms with Crippen molar-refractivity contribution in [2.75, 3.05) is 0 Å². The summed E-state index contributed by atoms with van der Waals surface area (Å²) in [6.45, 7) is 0. The van der Waals surface area contributed by atoms with E-state index in [-0.39, 0.29) is 0 Å². The minimum Gasteiger partial charge on any atom is -0.151 e. The maximum absolute atomic E-state index is 5.77.